The Bertz CT molecular complexity index is 806. The second-order valence-electron chi connectivity index (χ2n) is 4.15. The summed E-state index contributed by atoms with van der Waals surface area (Å²) < 4.78 is 26.7. The van der Waals surface area contributed by atoms with Crippen molar-refractivity contribution in [2.75, 3.05) is 10.5 Å². The number of carboxylic acids is 1. The minimum absolute atomic E-state index is 0.0392. The van der Waals surface area contributed by atoms with Crippen LogP contribution < -0.4 is 10.5 Å². The Kier molecular flexibility index (Phi) is 4.06. The first-order valence-electron chi connectivity index (χ1n) is 5.71. The molecular formula is C13H11ClN2O4S. The maximum absolute atomic E-state index is 12.3. The number of hydrogen-bond acceptors (Lipinski definition) is 4. The van der Waals surface area contributed by atoms with Gasteiger partial charge in [-0.25, -0.2) is 13.2 Å². The SMILES string of the molecule is Nc1ccc(NS(=O)(=O)c2ccccc2Cl)c(C(=O)O)c1. The molecule has 0 aliphatic heterocycles. The molecule has 0 aliphatic carbocycles. The van der Waals surface area contributed by atoms with E-state index in [2.05, 4.69) is 4.72 Å². The van der Waals surface area contributed by atoms with Crippen molar-refractivity contribution in [2.24, 2.45) is 0 Å². The largest absolute Gasteiger partial charge is 0.478 e. The summed E-state index contributed by atoms with van der Waals surface area (Å²) in [6, 6.07) is 9.71. The highest BCUT2D eigenvalue weighted by Crippen LogP contribution is 2.26. The number of nitrogens with one attached hydrogen (secondary N) is 1. The van der Waals surface area contributed by atoms with E-state index in [1.165, 1.54) is 36.4 Å². The lowest BCUT2D eigenvalue weighted by Gasteiger charge is -2.12. The van der Waals surface area contributed by atoms with E-state index in [1.807, 2.05) is 0 Å². The number of carbonyl (C=O) groups is 1. The molecule has 0 aliphatic rings. The Balaban J connectivity index is 2.47. The highest BCUT2D eigenvalue weighted by molar-refractivity contribution is 7.92. The lowest BCUT2D eigenvalue weighted by molar-refractivity contribution is 0.0698. The summed E-state index contributed by atoms with van der Waals surface area (Å²) in [4.78, 5) is 11.0. The van der Waals surface area contributed by atoms with Crippen LogP contribution in [0.15, 0.2) is 47.4 Å². The third-order valence-electron chi connectivity index (χ3n) is 2.64. The van der Waals surface area contributed by atoms with E-state index >= 15 is 0 Å². The van der Waals surface area contributed by atoms with Gasteiger partial charge in [-0.05, 0) is 30.3 Å². The lowest BCUT2D eigenvalue weighted by Crippen LogP contribution is -2.16. The Hall–Kier alpha value is -2.25. The van der Waals surface area contributed by atoms with Crippen LogP contribution in [0.3, 0.4) is 0 Å². The lowest BCUT2D eigenvalue weighted by atomic mass is 10.1. The third-order valence-corrected chi connectivity index (χ3v) is 4.51. The Morgan fingerprint density at radius 1 is 1.19 bits per heavy atom. The van der Waals surface area contributed by atoms with E-state index in [0.29, 0.717) is 0 Å². The molecule has 0 amide bonds. The third kappa shape index (κ3) is 3.26. The summed E-state index contributed by atoms with van der Waals surface area (Å²) in [5.74, 6) is -1.29. The predicted molar refractivity (Wildman–Crippen MR) is 80.1 cm³/mol. The number of nitrogen functional groups attached to an aromatic ring is 1. The van der Waals surface area contributed by atoms with Gasteiger partial charge in [0.25, 0.3) is 10.0 Å². The first kappa shape index (κ1) is 15.1. The van der Waals surface area contributed by atoms with Crippen LogP contribution in [0.4, 0.5) is 11.4 Å². The van der Waals surface area contributed by atoms with Gasteiger partial charge >= 0.3 is 5.97 Å². The van der Waals surface area contributed by atoms with Crippen LogP contribution in [0.1, 0.15) is 10.4 Å². The average molecular weight is 327 g/mol. The minimum Gasteiger partial charge on any atom is -0.478 e. The van der Waals surface area contributed by atoms with E-state index < -0.39 is 16.0 Å². The number of aromatic carboxylic acids is 1. The number of benzene rings is 2. The molecule has 0 saturated carbocycles. The molecule has 0 spiro atoms. The van der Waals surface area contributed by atoms with Crippen molar-refractivity contribution < 1.29 is 18.3 Å². The maximum atomic E-state index is 12.3. The van der Waals surface area contributed by atoms with Gasteiger partial charge in [0.2, 0.25) is 0 Å². The van der Waals surface area contributed by atoms with Crippen LogP contribution in [-0.2, 0) is 10.0 Å². The van der Waals surface area contributed by atoms with Gasteiger partial charge in [0.1, 0.15) is 4.90 Å². The maximum Gasteiger partial charge on any atom is 0.337 e. The number of sulfonamides is 1. The van der Waals surface area contributed by atoms with Gasteiger partial charge < -0.3 is 10.8 Å². The fourth-order valence-corrected chi connectivity index (χ4v) is 3.29. The zero-order chi connectivity index (χ0) is 15.6. The number of halogens is 1. The molecule has 0 saturated heterocycles. The molecule has 4 N–H and O–H groups in total. The number of carboxylic acid groups (broad SMARTS) is 1. The standard InChI is InChI=1S/C13H11ClN2O4S/c14-10-3-1-2-4-12(10)21(19,20)16-11-6-5-8(15)7-9(11)13(17)18/h1-7,16H,15H2,(H,17,18). The smallest absolute Gasteiger partial charge is 0.337 e. The van der Waals surface area contributed by atoms with E-state index in [0.717, 1.165) is 0 Å². The summed E-state index contributed by atoms with van der Waals surface area (Å²) >= 11 is 5.85. The van der Waals surface area contributed by atoms with Crippen molar-refractivity contribution >= 4 is 39.0 Å². The zero-order valence-corrected chi connectivity index (χ0v) is 12.1. The monoisotopic (exact) mass is 326 g/mol. The molecule has 0 radical (unpaired) electrons. The van der Waals surface area contributed by atoms with Crippen LogP contribution in [-0.4, -0.2) is 19.5 Å². The number of nitrogens with two attached hydrogens (primary N) is 1. The molecular weight excluding hydrogens is 316 g/mol. The summed E-state index contributed by atoms with van der Waals surface area (Å²) in [6.07, 6.45) is 0. The Morgan fingerprint density at radius 2 is 1.86 bits per heavy atom. The van der Waals surface area contributed by atoms with Gasteiger partial charge in [-0.2, -0.15) is 0 Å². The molecule has 0 fully saturated rings. The molecule has 6 nitrogen and oxygen atoms in total. The van der Waals surface area contributed by atoms with E-state index in [4.69, 9.17) is 22.4 Å². The normalized spacial score (nSPS) is 11.1. The predicted octanol–water partition coefficient (Wildman–Crippen LogP) is 2.42. The molecule has 0 unspecified atom stereocenters. The van der Waals surface area contributed by atoms with Crippen LogP contribution in [0, 0.1) is 0 Å². The van der Waals surface area contributed by atoms with Gasteiger partial charge in [0.15, 0.2) is 0 Å². The van der Waals surface area contributed by atoms with Gasteiger partial charge in [-0.1, -0.05) is 23.7 Å². The second kappa shape index (κ2) is 5.63. The molecule has 2 aromatic carbocycles. The quantitative estimate of drug-likeness (QED) is 0.747. The minimum atomic E-state index is -4.00. The zero-order valence-electron chi connectivity index (χ0n) is 10.6. The molecule has 21 heavy (non-hydrogen) atoms. The van der Waals surface area contributed by atoms with Crippen molar-refractivity contribution in [1.82, 2.24) is 0 Å². The molecule has 0 aromatic heterocycles. The highest BCUT2D eigenvalue weighted by atomic mass is 35.5. The second-order valence-corrected chi connectivity index (χ2v) is 6.20. The van der Waals surface area contributed by atoms with Crippen molar-refractivity contribution in [2.45, 2.75) is 4.90 Å². The van der Waals surface area contributed by atoms with Crippen LogP contribution in [0.25, 0.3) is 0 Å². The summed E-state index contributed by atoms with van der Waals surface area (Å²) in [5.41, 5.74) is 5.39. The van der Waals surface area contributed by atoms with Crippen molar-refractivity contribution in [3.8, 4) is 0 Å². The van der Waals surface area contributed by atoms with Crippen molar-refractivity contribution in [3.05, 3.63) is 53.1 Å². The average Bonchev–Trinajstić information content (AvgIpc) is 2.40. The Morgan fingerprint density at radius 3 is 2.48 bits per heavy atom. The fraction of sp³-hybridized carbons (Fsp3) is 0. The van der Waals surface area contributed by atoms with Crippen molar-refractivity contribution in [1.29, 1.82) is 0 Å². The van der Waals surface area contributed by atoms with Crippen LogP contribution >= 0.6 is 11.6 Å². The molecule has 0 bridgehead atoms. The molecule has 2 rings (SSSR count). The van der Waals surface area contributed by atoms with E-state index in [-0.39, 0.29) is 26.9 Å². The summed E-state index contributed by atoms with van der Waals surface area (Å²) in [6.45, 7) is 0. The fourth-order valence-electron chi connectivity index (χ4n) is 1.69. The molecule has 110 valence electrons. The number of rotatable bonds is 4. The summed E-state index contributed by atoms with van der Waals surface area (Å²) in [7, 11) is -4.00. The van der Waals surface area contributed by atoms with E-state index in [1.54, 1.807) is 6.07 Å². The number of anilines is 2. The topological polar surface area (TPSA) is 109 Å². The number of hydrogen-bond donors (Lipinski definition) is 3. The van der Waals surface area contributed by atoms with Gasteiger partial charge in [0.05, 0.1) is 16.3 Å². The summed E-state index contributed by atoms with van der Waals surface area (Å²) in [5, 5.41) is 9.13. The Labute approximate surface area is 126 Å². The highest BCUT2D eigenvalue weighted by Gasteiger charge is 2.20. The molecule has 0 atom stereocenters. The van der Waals surface area contributed by atoms with Crippen molar-refractivity contribution in [3.63, 3.8) is 0 Å². The van der Waals surface area contributed by atoms with Crippen LogP contribution in [0.2, 0.25) is 5.02 Å². The van der Waals surface area contributed by atoms with Gasteiger partial charge in [-0.3, -0.25) is 4.72 Å². The van der Waals surface area contributed by atoms with Gasteiger partial charge in [0, 0.05) is 5.69 Å². The molecule has 0 heterocycles. The van der Waals surface area contributed by atoms with Gasteiger partial charge in [-0.15, -0.1) is 0 Å². The first-order valence-corrected chi connectivity index (χ1v) is 7.57. The molecule has 2 aromatic rings. The van der Waals surface area contributed by atoms with Crippen LogP contribution in [0.5, 0.6) is 0 Å². The first-order chi connectivity index (χ1) is 9.81. The van der Waals surface area contributed by atoms with E-state index in [9.17, 15) is 13.2 Å². The molecule has 8 heteroatoms.